The molecule has 1 fully saturated rings. The van der Waals surface area contributed by atoms with Gasteiger partial charge in [-0.15, -0.1) is 23.7 Å². The number of aliphatic imine (C=N–C) groups is 1. The van der Waals surface area contributed by atoms with E-state index in [1.807, 2.05) is 0 Å². The number of rotatable bonds is 2. The summed E-state index contributed by atoms with van der Waals surface area (Å²) < 4.78 is 27.8. The van der Waals surface area contributed by atoms with Crippen molar-refractivity contribution in [1.82, 2.24) is 10.0 Å². The number of anilines is 1. The van der Waals surface area contributed by atoms with E-state index in [1.165, 1.54) is 21.8 Å². The van der Waals surface area contributed by atoms with Crippen LogP contribution in [-0.2, 0) is 16.4 Å². The van der Waals surface area contributed by atoms with Gasteiger partial charge >= 0.3 is 0 Å². The summed E-state index contributed by atoms with van der Waals surface area (Å²) in [5.74, 6) is 1.17. The Morgan fingerprint density at radius 1 is 1.39 bits per heavy atom. The Kier molecular flexibility index (Phi) is 5.60. The third kappa shape index (κ3) is 3.22. The topological polar surface area (TPSA) is 82.6 Å². The lowest BCUT2D eigenvalue weighted by Gasteiger charge is -2.31. The zero-order valence-electron chi connectivity index (χ0n) is 13.5. The Morgan fingerprint density at radius 3 is 2.74 bits per heavy atom. The summed E-state index contributed by atoms with van der Waals surface area (Å²) in [7, 11) is -1.93. The van der Waals surface area contributed by atoms with Crippen LogP contribution in [0, 0.1) is 5.92 Å². The highest BCUT2D eigenvalue weighted by Gasteiger charge is 2.37. The molecule has 1 aromatic rings. The standard InChI is InChI=1S/C14H22N4O2S2.ClH/c1-4-10-11(9-5-6-16-7-8(9)2)12-13(21-10)22(19,20)18-14(15-3)17-12;/h8-9,16H,4-7H2,1-3H3,(H2,15,17,18);1H. The molecule has 0 aromatic carbocycles. The summed E-state index contributed by atoms with van der Waals surface area (Å²) in [6, 6.07) is 0. The fourth-order valence-electron chi connectivity index (χ4n) is 3.29. The number of nitrogens with one attached hydrogen (secondary N) is 3. The van der Waals surface area contributed by atoms with Gasteiger partial charge in [-0.05, 0) is 43.3 Å². The van der Waals surface area contributed by atoms with Crippen molar-refractivity contribution in [1.29, 1.82) is 0 Å². The third-order valence-electron chi connectivity index (χ3n) is 4.41. The van der Waals surface area contributed by atoms with Gasteiger partial charge < -0.3 is 10.6 Å². The SMILES string of the molecule is CCc1sc2c(c1C1CCNCC1C)NC(=NC)NS2(=O)=O.Cl. The molecule has 3 heterocycles. The summed E-state index contributed by atoms with van der Waals surface area (Å²) in [5.41, 5.74) is 1.93. The van der Waals surface area contributed by atoms with Crippen molar-refractivity contribution in [2.45, 2.75) is 36.8 Å². The Labute approximate surface area is 147 Å². The van der Waals surface area contributed by atoms with Gasteiger partial charge in [-0.1, -0.05) is 13.8 Å². The van der Waals surface area contributed by atoms with Gasteiger partial charge in [0.15, 0.2) is 4.21 Å². The highest BCUT2D eigenvalue weighted by atomic mass is 35.5. The lowest BCUT2D eigenvalue weighted by Crippen LogP contribution is -2.40. The number of thiophene rings is 1. The number of aryl methyl sites for hydroxylation is 1. The van der Waals surface area contributed by atoms with Crippen LogP contribution in [0.2, 0.25) is 0 Å². The van der Waals surface area contributed by atoms with Crippen LogP contribution in [0.5, 0.6) is 0 Å². The van der Waals surface area contributed by atoms with Crippen molar-refractivity contribution in [2.75, 3.05) is 25.5 Å². The molecule has 0 bridgehead atoms. The predicted molar refractivity (Wildman–Crippen MR) is 97.6 cm³/mol. The second-order valence-corrected chi connectivity index (χ2v) is 8.82. The molecule has 0 radical (unpaired) electrons. The number of hydrogen-bond donors (Lipinski definition) is 3. The second-order valence-electron chi connectivity index (χ2n) is 5.83. The largest absolute Gasteiger partial charge is 0.323 e. The zero-order valence-corrected chi connectivity index (χ0v) is 15.9. The minimum absolute atomic E-state index is 0. The molecule has 130 valence electrons. The number of hydrogen-bond acceptors (Lipinski definition) is 5. The zero-order chi connectivity index (χ0) is 15.9. The maximum absolute atomic E-state index is 12.5. The van der Waals surface area contributed by atoms with Crippen LogP contribution >= 0.6 is 23.7 Å². The number of guanidine groups is 1. The van der Waals surface area contributed by atoms with Crippen molar-refractivity contribution in [2.24, 2.45) is 10.9 Å². The van der Waals surface area contributed by atoms with E-state index in [1.54, 1.807) is 7.05 Å². The molecule has 1 aromatic heterocycles. The van der Waals surface area contributed by atoms with E-state index in [9.17, 15) is 8.42 Å². The molecule has 3 N–H and O–H groups in total. The fraction of sp³-hybridized carbons (Fsp3) is 0.643. The minimum atomic E-state index is -3.51. The lowest BCUT2D eigenvalue weighted by atomic mass is 9.81. The first-order valence-corrected chi connectivity index (χ1v) is 9.90. The summed E-state index contributed by atoms with van der Waals surface area (Å²) in [6.07, 6.45) is 1.88. The van der Waals surface area contributed by atoms with Gasteiger partial charge in [-0.2, -0.15) is 0 Å². The summed E-state index contributed by atoms with van der Waals surface area (Å²) in [5, 5.41) is 6.60. The molecule has 3 rings (SSSR count). The molecule has 0 spiro atoms. The van der Waals surface area contributed by atoms with Crippen molar-refractivity contribution >= 4 is 45.4 Å². The third-order valence-corrected chi connectivity index (χ3v) is 7.62. The van der Waals surface area contributed by atoms with E-state index in [-0.39, 0.29) is 12.4 Å². The van der Waals surface area contributed by atoms with Gasteiger partial charge in [0.05, 0.1) is 5.69 Å². The number of piperidine rings is 1. The van der Waals surface area contributed by atoms with Crippen LogP contribution in [0.3, 0.4) is 0 Å². The average Bonchev–Trinajstić information content (AvgIpc) is 2.86. The van der Waals surface area contributed by atoms with Gasteiger partial charge in [-0.3, -0.25) is 4.99 Å². The Morgan fingerprint density at radius 2 is 2.13 bits per heavy atom. The van der Waals surface area contributed by atoms with Crippen LogP contribution in [0.15, 0.2) is 9.20 Å². The normalized spacial score (nSPS) is 27.5. The Hall–Kier alpha value is -0.830. The lowest BCUT2D eigenvalue weighted by molar-refractivity contribution is 0.349. The maximum atomic E-state index is 12.5. The van der Waals surface area contributed by atoms with E-state index in [0.29, 0.717) is 22.0 Å². The number of halogens is 1. The van der Waals surface area contributed by atoms with Crippen molar-refractivity contribution in [3.63, 3.8) is 0 Å². The van der Waals surface area contributed by atoms with Gasteiger partial charge in [0.1, 0.15) is 0 Å². The molecule has 2 aliphatic rings. The molecule has 23 heavy (non-hydrogen) atoms. The second kappa shape index (κ2) is 6.96. The van der Waals surface area contributed by atoms with Crippen LogP contribution in [0.1, 0.15) is 36.6 Å². The van der Waals surface area contributed by atoms with Crippen molar-refractivity contribution in [3.05, 3.63) is 10.4 Å². The van der Waals surface area contributed by atoms with E-state index in [0.717, 1.165) is 31.6 Å². The number of sulfonamides is 1. The molecule has 0 saturated carbocycles. The molecule has 0 amide bonds. The highest BCUT2D eigenvalue weighted by Crippen LogP contribution is 2.46. The number of fused-ring (bicyclic) bond motifs is 1. The summed E-state index contributed by atoms with van der Waals surface area (Å²) in [4.78, 5) is 5.16. The quantitative estimate of drug-likeness (QED) is 0.736. The van der Waals surface area contributed by atoms with E-state index >= 15 is 0 Å². The molecular formula is C14H23ClN4O2S2. The maximum Gasteiger partial charge on any atom is 0.275 e. The average molecular weight is 379 g/mol. The predicted octanol–water partition coefficient (Wildman–Crippen LogP) is 2.13. The Bertz CT molecular complexity index is 715. The molecule has 9 heteroatoms. The van der Waals surface area contributed by atoms with Crippen LogP contribution in [0.25, 0.3) is 0 Å². The first-order valence-electron chi connectivity index (χ1n) is 7.60. The monoisotopic (exact) mass is 378 g/mol. The first-order chi connectivity index (χ1) is 10.5. The van der Waals surface area contributed by atoms with Gasteiger partial charge in [0.2, 0.25) is 5.96 Å². The van der Waals surface area contributed by atoms with Crippen LogP contribution in [0.4, 0.5) is 5.69 Å². The summed E-state index contributed by atoms with van der Waals surface area (Å²) >= 11 is 1.39. The molecule has 2 aliphatic heterocycles. The van der Waals surface area contributed by atoms with Crippen LogP contribution < -0.4 is 15.4 Å². The van der Waals surface area contributed by atoms with E-state index in [2.05, 4.69) is 34.2 Å². The smallest absolute Gasteiger partial charge is 0.275 e. The molecular weight excluding hydrogens is 356 g/mol. The highest BCUT2D eigenvalue weighted by molar-refractivity contribution is 7.92. The molecule has 1 saturated heterocycles. The molecule has 2 atom stereocenters. The molecule has 2 unspecified atom stereocenters. The molecule has 6 nitrogen and oxygen atoms in total. The van der Waals surface area contributed by atoms with Gasteiger partial charge in [-0.25, -0.2) is 13.1 Å². The number of nitrogens with zero attached hydrogens (tertiary/aromatic N) is 1. The fourth-order valence-corrected chi connectivity index (χ4v) is 6.07. The van der Waals surface area contributed by atoms with Crippen molar-refractivity contribution in [3.8, 4) is 0 Å². The van der Waals surface area contributed by atoms with Gasteiger partial charge in [0, 0.05) is 11.9 Å². The van der Waals surface area contributed by atoms with Gasteiger partial charge in [0.25, 0.3) is 10.0 Å². The van der Waals surface area contributed by atoms with Crippen molar-refractivity contribution < 1.29 is 8.42 Å². The minimum Gasteiger partial charge on any atom is -0.323 e. The first kappa shape index (κ1) is 18.5. The Balaban J connectivity index is 0.00000192. The molecule has 0 aliphatic carbocycles. The summed E-state index contributed by atoms with van der Waals surface area (Å²) in [6.45, 7) is 6.26. The van der Waals surface area contributed by atoms with E-state index < -0.39 is 10.0 Å². The van der Waals surface area contributed by atoms with Crippen LogP contribution in [-0.4, -0.2) is 34.5 Å². The van der Waals surface area contributed by atoms with E-state index in [4.69, 9.17) is 0 Å².